The van der Waals surface area contributed by atoms with E-state index in [1.165, 1.54) is 0 Å². The second-order valence-electron chi connectivity index (χ2n) is 7.68. The summed E-state index contributed by atoms with van der Waals surface area (Å²) in [5.74, 6) is 0.583. The average Bonchev–Trinajstić information content (AvgIpc) is 3.48. The van der Waals surface area contributed by atoms with Crippen LogP contribution in [0.2, 0.25) is 5.02 Å². The fourth-order valence-corrected chi connectivity index (χ4v) is 5.61. The number of aromatic amines is 1. The molecule has 7 nitrogen and oxygen atoms in total. The average molecular weight is 469 g/mol. The Kier molecular flexibility index (Phi) is 5.58. The molecule has 0 saturated carbocycles. The molecule has 3 aromatic heterocycles. The van der Waals surface area contributed by atoms with Gasteiger partial charge in [-0.1, -0.05) is 23.7 Å². The maximum absolute atomic E-state index is 12.8. The monoisotopic (exact) mass is 468 g/mol. The van der Waals surface area contributed by atoms with Gasteiger partial charge in [0.25, 0.3) is 0 Å². The van der Waals surface area contributed by atoms with Gasteiger partial charge in [0, 0.05) is 36.9 Å². The van der Waals surface area contributed by atoms with Gasteiger partial charge in [-0.3, -0.25) is 4.98 Å². The van der Waals surface area contributed by atoms with E-state index in [2.05, 4.69) is 15.0 Å². The number of hydrogen-bond acceptors (Lipinski definition) is 5. The van der Waals surface area contributed by atoms with Gasteiger partial charge in [0.1, 0.15) is 18.0 Å². The van der Waals surface area contributed by atoms with Gasteiger partial charge in [-0.2, -0.15) is 4.31 Å². The lowest BCUT2D eigenvalue weighted by Crippen LogP contribution is -2.27. The Labute approximate surface area is 191 Å². The first-order chi connectivity index (χ1) is 15.5. The van der Waals surface area contributed by atoms with Crippen molar-refractivity contribution in [2.45, 2.75) is 24.3 Å². The van der Waals surface area contributed by atoms with Crippen molar-refractivity contribution >= 4 is 32.7 Å². The van der Waals surface area contributed by atoms with Gasteiger partial charge in [-0.15, -0.1) is 0 Å². The predicted octanol–water partition coefficient (Wildman–Crippen LogP) is 4.64. The Balaban J connectivity index is 1.40. The Hall–Kier alpha value is -2.94. The van der Waals surface area contributed by atoms with E-state index in [9.17, 15) is 8.42 Å². The molecule has 1 aliphatic heterocycles. The molecule has 0 amide bonds. The summed E-state index contributed by atoms with van der Waals surface area (Å²) in [5, 5.41) is 1.45. The number of rotatable bonds is 6. The molecule has 0 spiro atoms. The van der Waals surface area contributed by atoms with Crippen LogP contribution in [0.15, 0.2) is 66.0 Å². The Morgan fingerprint density at radius 2 is 1.84 bits per heavy atom. The zero-order valence-electron chi connectivity index (χ0n) is 17.2. The van der Waals surface area contributed by atoms with Gasteiger partial charge >= 0.3 is 0 Å². The highest BCUT2D eigenvalue weighted by Crippen LogP contribution is 2.30. The minimum absolute atomic E-state index is 0.310. The maximum Gasteiger partial charge on any atom is 0.243 e. The largest absolute Gasteiger partial charge is 0.486 e. The Bertz CT molecular complexity index is 1360. The SMILES string of the molecule is O=S(=O)(c1ccc(-c2ccnc3[nH]c(COc4cncc(Cl)c4)cc23)cc1)N1CCCC1. The van der Waals surface area contributed by atoms with Crippen molar-refractivity contribution in [1.29, 1.82) is 0 Å². The highest BCUT2D eigenvalue weighted by atomic mass is 35.5. The lowest BCUT2D eigenvalue weighted by atomic mass is 10.0. The van der Waals surface area contributed by atoms with Gasteiger partial charge < -0.3 is 9.72 Å². The molecule has 1 N–H and O–H groups in total. The molecule has 1 saturated heterocycles. The summed E-state index contributed by atoms with van der Waals surface area (Å²) in [4.78, 5) is 12.0. The third kappa shape index (κ3) is 4.09. The Morgan fingerprint density at radius 1 is 1.06 bits per heavy atom. The van der Waals surface area contributed by atoms with E-state index in [0.717, 1.165) is 40.7 Å². The number of nitrogens with one attached hydrogen (secondary N) is 1. The highest BCUT2D eigenvalue weighted by Gasteiger charge is 2.27. The number of benzene rings is 1. The molecule has 0 radical (unpaired) electrons. The second-order valence-corrected chi connectivity index (χ2v) is 10.1. The summed E-state index contributed by atoms with van der Waals surface area (Å²) in [7, 11) is -3.43. The van der Waals surface area contributed by atoms with Crippen molar-refractivity contribution in [3.05, 3.63) is 71.8 Å². The van der Waals surface area contributed by atoms with Crippen LogP contribution in [0, 0.1) is 0 Å². The molecular weight excluding hydrogens is 448 g/mol. The number of ether oxygens (including phenoxy) is 1. The molecule has 4 heterocycles. The van der Waals surface area contributed by atoms with Crippen LogP contribution in [0.25, 0.3) is 22.2 Å². The van der Waals surface area contributed by atoms with Crippen LogP contribution in [0.3, 0.4) is 0 Å². The topological polar surface area (TPSA) is 88.2 Å². The number of aromatic nitrogens is 3. The molecule has 1 aromatic carbocycles. The number of nitrogens with zero attached hydrogens (tertiary/aromatic N) is 3. The molecule has 0 unspecified atom stereocenters. The molecule has 0 bridgehead atoms. The molecule has 1 fully saturated rings. The minimum Gasteiger partial charge on any atom is -0.486 e. The fourth-order valence-electron chi connectivity index (χ4n) is 3.93. The minimum atomic E-state index is -3.43. The number of fused-ring (bicyclic) bond motifs is 1. The van der Waals surface area contributed by atoms with E-state index >= 15 is 0 Å². The third-order valence-corrected chi connectivity index (χ3v) is 7.65. The first kappa shape index (κ1) is 20.9. The smallest absolute Gasteiger partial charge is 0.243 e. The number of sulfonamides is 1. The van der Waals surface area contributed by atoms with Crippen LogP contribution in [0.5, 0.6) is 5.75 Å². The van der Waals surface area contributed by atoms with Crippen LogP contribution >= 0.6 is 11.6 Å². The number of H-pyrrole nitrogens is 1. The predicted molar refractivity (Wildman–Crippen MR) is 123 cm³/mol. The Morgan fingerprint density at radius 3 is 2.59 bits per heavy atom. The van der Waals surface area contributed by atoms with Gasteiger partial charge in [0.2, 0.25) is 10.0 Å². The van der Waals surface area contributed by atoms with Crippen molar-refractivity contribution in [3.63, 3.8) is 0 Å². The standard InChI is InChI=1S/C23H21ClN4O3S/c24-17-11-19(14-25-13-17)31-15-18-12-22-21(7-8-26-23(22)27-18)16-3-5-20(6-4-16)32(29,30)28-9-1-2-10-28/h3-8,11-14H,1-2,9-10,15H2,(H,26,27). The number of halogens is 1. The zero-order chi connectivity index (χ0) is 22.1. The third-order valence-electron chi connectivity index (χ3n) is 5.53. The molecule has 4 aromatic rings. The van der Waals surface area contributed by atoms with Gasteiger partial charge in [-0.05, 0) is 48.2 Å². The number of hydrogen-bond donors (Lipinski definition) is 1. The molecule has 1 aliphatic rings. The quantitative estimate of drug-likeness (QED) is 0.445. The molecule has 32 heavy (non-hydrogen) atoms. The molecule has 164 valence electrons. The molecule has 0 aliphatic carbocycles. The van der Waals surface area contributed by atoms with Crippen LogP contribution in [-0.4, -0.2) is 40.8 Å². The van der Waals surface area contributed by atoms with E-state index in [0.29, 0.717) is 35.4 Å². The molecule has 0 atom stereocenters. The molecule has 9 heteroatoms. The van der Waals surface area contributed by atoms with E-state index in [4.69, 9.17) is 16.3 Å². The first-order valence-corrected chi connectivity index (χ1v) is 12.1. The number of pyridine rings is 2. The van der Waals surface area contributed by atoms with E-state index < -0.39 is 10.0 Å². The summed E-state index contributed by atoms with van der Waals surface area (Å²) in [6, 6.07) is 12.7. The van der Waals surface area contributed by atoms with E-state index in [1.807, 2.05) is 24.3 Å². The summed E-state index contributed by atoms with van der Waals surface area (Å²) in [6.07, 6.45) is 6.72. The summed E-state index contributed by atoms with van der Waals surface area (Å²) >= 11 is 5.95. The van der Waals surface area contributed by atoms with E-state index in [1.54, 1.807) is 41.1 Å². The van der Waals surface area contributed by atoms with Gasteiger partial charge in [0.05, 0.1) is 21.8 Å². The second kappa shape index (κ2) is 8.54. The molecular formula is C23H21ClN4O3S. The molecule has 5 rings (SSSR count). The lowest BCUT2D eigenvalue weighted by molar-refractivity contribution is 0.301. The van der Waals surface area contributed by atoms with E-state index in [-0.39, 0.29) is 0 Å². The lowest BCUT2D eigenvalue weighted by Gasteiger charge is -2.15. The highest BCUT2D eigenvalue weighted by molar-refractivity contribution is 7.89. The summed E-state index contributed by atoms with van der Waals surface area (Å²) in [6.45, 7) is 1.49. The van der Waals surface area contributed by atoms with Crippen LogP contribution in [0.4, 0.5) is 0 Å². The van der Waals surface area contributed by atoms with Crippen molar-refractivity contribution in [1.82, 2.24) is 19.3 Å². The summed E-state index contributed by atoms with van der Waals surface area (Å²) in [5.41, 5.74) is 3.47. The zero-order valence-corrected chi connectivity index (χ0v) is 18.7. The fraction of sp³-hybridized carbons (Fsp3) is 0.217. The van der Waals surface area contributed by atoms with Crippen LogP contribution in [-0.2, 0) is 16.6 Å². The van der Waals surface area contributed by atoms with Gasteiger partial charge in [-0.25, -0.2) is 13.4 Å². The summed E-state index contributed by atoms with van der Waals surface area (Å²) < 4.78 is 32.9. The van der Waals surface area contributed by atoms with Crippen molar-refractivity contribution in [3.8, 4) is 16.9 Å². The van der Waals surface area contributed by atoms with Crippen molar-refractivity contribution < 1.29 is 13.2 Å². The van der Waals surface area contributed by atoms with Crippen LogP contribution in [0.1, 0.15) is 18.5 Å². The first-order valence-electron chi connectivity index (χ1n) is 10.3. The van der Waals surface area contributed by atoms with Crippen LogP contribution < -0.4 is 4.74 Å². The van der Waals surface area contributed by atoms with Crippen molar-refractivity contribution in [2.75, 3.05) is 13.1 Å². The van der Waals surface area contributed by atoms with Crippen molar-refractivity contribution in [2.24, 2.45) is 0 Å². The van der Waals surface area contributed by atoms with Gasteiger partial charge in [0.15, 0.2) is 0 Å². The maximum atomic E-state index is 12.8. The normalized spacial score (nSPS) is 14.8.